The first kappa shape index (κ1) is 23.5. The van der Waals surface area contributed by atoms with Gasteiger partial charge in [0.2, 0.25) is 11.8 Å². The summed E-state index contributed by atoms with van der Waals surface area (Å²) in [6.45, 7) is 4.26. The molecule has 1 unspecified atom stereocenters. The minimum Gasteiger partial charge on any atom is -0.465 e. The molecule has 1 atom stereocenters. The van der Waals surface area contributed by atoms with Crippen LogP contribution in [0, 0.1) is 5.92 Å². The standard InChI is InChI=1S/C25H31N3O4/c1-18(23(29)26-17-20-8-10-22(11-9-20)25(31)32-2)28-14-12-21(13-15-28)24(30)27-16-19-6-4-3-5-7-19/h3-11,18,21H,12-17H2,1-2H3,(H,26,29)(H,27,30). The van der Waals surface area contributed by atoms with Gasteiger partial charge in [-0.15, -0.1) is 0 Å². The van der Waals surface area contributed by atoms with E-state index >= 15 is 0 Å². The van der Waals surface area contributed by atoms with Crippen LogP contribution in [0.1, 0.15) is 41.3 Å². The topological polar surface area (TPSA) is 87.7 Å². The fourth-order valence-electron chi connectivity index (χ4n) is 3.86. The van der Waals surface area contributed by atoms with Gasteiger partial charge in [0.1, 0.15) is 0 Å². The number of benzene rings is 2. The Balaban J connectivity index is 1.40. The van der Waals surface area contributed by atoms with Crippen molar-refractivity contribution in [3.05, 3.63) is 71.3 Å². The van der Waals surface area contributed by atoms with Gasteiger partial charge >= 0.3 is 5.97 Å². The van der Waals surface area contributed by atoms with E-state index in [1.165, 1.54) is 7.11 Å². The lowest BCUT2D eigenvalue weighted by molar-refractivity contribution is -0.128. The van der Waals surface area contributed by atoms with Gasteiger partial charge in [-0.1, -0.05) is 42.5 Å². The summed E-state index contributed by atoms with van der Waals surface area (Å²) >= 11 is 0. The van der Waals surface area contributed by atoms with Gasteiger partial charge in [-0.25, -0.2) is 4.79 Å². The molecule has 1 aliphatic heterocycles. The van der Waals surface area contributed by atoms with Crippen molar-refractivity contribution >= 4 is 17.8 Å². The quantitative estimate of drug-likeness (QED) is 0.620. The van der Waals surface area contributed by atoms with E-state index in [0.717, 1.165) is 24.0 Å². The molecule has 1 saturated heterocycles. The third-order valence-electron chi connectivity index (χ3n) is 5.98. The Bertz CT molecular complexity index is 907. The molecule has 32 heavy (non-hydrogen) atoms. The average molecular weight is 438 g/mol. The minimum atomic E-state index is -0.383. The van der Waals surface area contributed by atoms with Crippen LogP contribution in [0.2, 0.25) is 0 Å². The molecule has 2 aromatic rings. The van der Waals surface area contributed by atoms with Crippen molar-refractivity contribution in [2.75, 3.05) is 20.2 Å². The van der Waals surface area contributed by atoms with Gasteiger partial charge in [-0.3, -0.25) is 14.5 Å². The molecule has 2 amide bonds. The molecule has 1 aliphatic rings. The smallest absolute Gasteiger partial charge is 0.337 e. The van der Waals surface area contributed by atoms with Crippen LogP contribution >= 0.6 is 0 Å². The molecule has 1 heterocycles. The number of likely N-dealkylation sites (tertiary alicyclic amines) is 1. The molecule has 0 aromatic heterocycles. The first-order chi connectivity index (χ1) is 15.5. The zero-order chi connectivity index (χ0) is 22.9. The molecule has 0 radical (unpaired) electrons. The Hall–Kier alpha value is -3.19. The third kappa shape index (κ3) is 6.40. The maximum Gasteiger partial charge on any atom is 0.337 e. The van der Waals surface area contributed by atoms with E-state index in [1.807, 2.05) is 37.3 Å². The number of hydrogen-bond acceptors (Lipinski definition) is 5. The first-order valence-corrected chi connectivity index (χ1v) is 11.0. The fraction of sp³-hybridized carbons (Fsp3) is 0.400. The number of rotatable bonds is 8. The van der Waals surface area contributed by atoms with E-state index in [4.69, 9.17) is 0 Å². The van der Waals surface area contributed by atoms with Gasteiger partial charge in [-0.2, -0.15) is 0 Å². The Morgan fingerprint density at radius 3 is 2.16 bits per heavy atom. The summed E-state index contributed by atoms with van der Waals surface area (Å²) in [6, 6.07) is 16.6. The minimum absolute atomic E-state index is 0.0152. The molecule has 1 fully saturated rings. The highest BCUT2D eigenvalue weighted by Crippen LogP contribution is 2.19. The zero-order valence-corrected chi connectivity index (χ0v) is 18.7. The van der Waals surface area contributed by atoms with Gasteiger partial charge in [0.25, 0.3) is 0 Å². The van der Waals surface area contributed by atoms with Crippen LogP contribution in [-0.2, 0) is 27.4 Å². The van der Waals surface area contributed by atoms with Crippen LogP contribution in [0.3, 0.4) is 0 Å². The van der Waals surface area contributed by atoms with Crippen LogP contribution in [0.25, 0.3) is 0 Å². The Kier molecular flexibility index (Phi) is 8.39. The highest BCUT2D eigenvalue weighted by molar-refractivity contribution is 5.89. The van der Waals surface area contributed by atoms with Crippen LogP contribution in [0.5, 0.6) is 0 Å². The second kappa shape index (κ2) is 11.4. The number of hydrogen-bond donors (Lipinski definition) is 2. The van der Waals surface area contributed by atoms with Crippen LogP contribution in [0.4, 0.5) is 0 Å². The number of methoxy groups -OCH3 is 1. The molecule has 170 valence electrons. The van der Waals surface area contributed by atoms with Crippen molar-refractivity contribution in [1.29, 1.82) is 0 Å². The molecule has 2 N–H and O–H groups in total. The van der Waals surface area contributed by atoms with Crippen molar-refractivity contribution in [3.63, 3.8) is 0 Å². The first-order valence-electron chi connectivity index (χ1n) is 11.0. The van der Waals surface area contributed by atoms with E-state index in [-0.39, 0.29) is 29.7 Å². The monoisotopic (exact) mass is 437 g/mol. The van der Waals surface area contributed by atoms with E-state index < -0.39 is 0 Å². The number of carbonyl (C=O) groups is 3. The molecule has 0 aliphatic carbocycles. The van der Waals surface area contributed by atoms with Gasteiger partial charge < -0.3 is 15.4 Å². The van der Waals surface area contributed by atoms with Gasteiger partial charge in [0.15, 0.2) is 0 Å². The number of amides is 2. The summed E-state index contributed by atoms with van der Waals surface area (Å²) in [5, 5.41) is 5.98. The van der Waals surface area contributed by atoms with E-state index in [2.05, 4.69) is 20.3 Å². The highest BCUT2D eigenvalue weighted by Gasteiger charge is 2.29. The summed E-state index contributed by atoms with van der Waals surface area (Å²) in [6.07, 6.45) is 1.49. The molecule has 0 spiro atoms. The molecule has 7 heteroatoms. The Morgan fingerprint density at radius 1 is 0.938 bits per heavy atom. The number of nitrogens with one attached hydrogen (secondary N) is 2. The highest BCUT2D eigenvalue weighted by atomic mass is 16.5. The normalized spacial score (nSPS) is 15.6. The lowest BCUT2D eigenvalue weighted by atomic mass is 9.94. The molecule has 3 rings (SSSR count). The summed E-state index contributed by atoms with van der Waals surface area (Å²) in [5.74, 6) is -0.361. The van der Waals surface area contributed by atoms with Crippen LogP contribution < -0.4 is 10.6 Å². The van der Waals surface area contributed by atoms with Gasteiger partial charge in [-0.05, 0) is 56.1 Å². The fourth-order valence-corrected chi connectivity index (χ4v) is 3.86. The maximum absolute atomic E-state index is 12.6. The Morgan fingerprint density at radius 2 is 1.53 bits per heavy atom. The summed E-state index contributed by atoms with van der Waals surface area (Å²) in [7, 11) is 1.35. The zero-order valence-electron chi connectivity index (χ0n) is 18.7. The SMILES string of the molecule is COC(=O)c1ccc(CNC(=O)C(C)N2CCC(C(=O)NCc3ccccc3)CC2)cc1. The second-order valence-electron chi connectivity index (χ2n) is 8.10. The summed E-state index contributed by atoms with van der Waals surface area (Å²) in [5.41, 5.74) is 2.47. The Labute approximate surface area is 189 Å². The lowest BCUT2D eigenvalue weighted by Gasteiger charge is -2.34. The number of esters is 1. The predicted molar refractivity (Wildman–Crippen MR) is 122 cm³/mol. The summed E-state index contributed by atoms with van der Waals surface area (Å²) < 4.78 is 4.69. The molecular weight excluding hydrogens is 406 g/mol. The van der Waals surface area contributed by atoms with Crippen LogP contribution in [0.15, 0.2) is 54.6 Å². The second-order valence-corrected chi connectivity index (χ2v) is 8.10. The molecule has 7 nitrogen and oxygen atoms in total. The third-order valence-corrected chi connectivity index (χ3v) is 5.98. The van der Waals surface area contributed by atoms with E-state index in [1.54, 1.807) is 24.3 Å². The van der Waals surface area contributed by atoms with Crippen molar-refractivity contribution < 1.29 is 19.1 Å². The van der Waals surface area contributed by atoms with Crippen molar-refractivity contribution in [2.45, 2.75) is 38.9 Å². The number of ether oxygens (including phenoxy) is 1. The van der Waals surface area contributed by atoms with Gasteiger partial charge in [0.05, 0.1) is 18.7 Å². The summed E-state index contributed by atoms with van der Waals surface area (Å²) in [4.78, 5) is 38.7. The van der Waals surface area contributed by atoms with Crippen molar-refractivity contribution in [2.24, 2.45) is 5.92 Å². The number of carbonyl (C=O) groups excluding carboxylic acids is 3. The molecular formula is C25H31N3O4. The largest absolute Gasteiger partial charge is 0.465 e. The van der Waals surface area contributed by atoms with Crippen molar-refractivity contribution in [1.82, 2.24) is 15.5 Å². The van der Waals surface area contributed by atoms with E-state index in [9.17, 15) is 14.4 Å². The van der Waals surface area contributed by atoms with Crippen molar-refractivity contribution in [3.8, 4) is 0 Å². The molecule has 2 aromatic carbocycles. The lowest BCUT2D eigenvalue weighted by Crippen LogP contribution is -2.49. The number of piperidine rings is 1. The van der Waals surface area contributed by atoms with Gasteiger partial charge in [0, 0.05) is 19.0 Å². The maximum atomic E-state index is 12.6. The molecule has 0 saturated carbocycles. The average Bonchev–Trinajstić information content (AvgIpc) is 2.86. The molecule has 0 bridgehead atoms. The number of nitrogens with zero attached hydrogens (tertiary/aromatic N) is 1. The predicted octanol–water partition coefficient (Wildman–Crippen LogP) is 2.51. The van der Waals surface area contributed by atoms with E-state index in [0.29, 0.717) is 31.7 Å². The van der Waals surface area contributed by atoms with Crippen LogP contribution in [-0.4, -0.2) is 48.9 Å².